The maximum atomic E-state index is 5.48. The van der Waals surface area contributed by atoms with Crippen LogP contribution in [0.4, 0.5) is 0 Å². The predicted octanol–water partition coefficient (Wildman–Crippen LogP) is 2.45. The minimum Gasteiger partial charge on any atom is -0.299 e. The summed E-state index contributed by atoms with van der Waals surface area (Å²) in [6.45, 7) is 12.5. The van der Waals surface area contributed by atoms with Crippen molar-refractivity contribution in [2.75, 3.05) is 13.2 Å². The van der Waals surface area contributed by atoms with Gasteiger partial charge in [-0.1, -0.05) is 6.92 Å². The van der Waals surface area contributed by atoms with Crippen LogP contribution in [-0.4, -0.2) is 23.8 Å². The first-order valence-corrected chi connectivity index (χ1v) is 4.43. The van der Waals surface area contributed by atoms with E-state index < -0.39 is 0 Å². The summed E-state index contributed by atoms with van der Waals surface area (Å²) in [7, 11) is 0. The number of hydroxylamine groups is 2. The number of hydrogen-bond acceptors (Lipinski definition) is 2. The molecular formula is C9H21NO. The van der Waals surface area contributed by atoms with Gasteiger partial charge in [0.2, 0.25) is 0 Å². The van der Waals surface area contributed by atoms with Crippen molar-refractivity contribution in [2.24, 2.45) is 0 Å². The summed E-state index contributed by atoms with van der Waals surface area (Å²) in [5, 5.41) is 2.05. The van der Waals surface area contributed by atoms with Crippen LogP contribution in [0.2, 0.25) is 0 Å². The van der Waals surface area contributed by atoms with Gasteiger partial charge in [0, 0.05) is 12.1 Å². The summed E-state index contributed by atoms with van der Waals surface area (Å²) in [6, 6.07) is 0. The third-order valence-corrected chi connectivity index (χ3v) is 1.46. The van der Waals surface area contributed by atoms with E-state index in [0.717, 1.165) is 19.6 Å². The van der Waals surface area contributed by atoms with Crippen LogP contribution in [0, 0.1) is 0 Å². The van der Waals surface area contributed by atoms with E-state index in [-0.39, 0.29) is 5.54 Å². The van der Waals surface area contributed by atoms with E-state index in [0.29, 0.717) is 0 Å². The smallest absolute Gasteiger partial charge is 0.0657 e. The lowest BCUT2D eigenvalue weighted by Crippen LogP contribution is -2.41. The molecule has 0 aliphatic heterocycles. The highest BCUT2D eigenvalue weighted by Gasteiger charge is 2.20. The highest BCUT2D eigenvalue weighted by molar-refractivity contribution is 4.68. The molecule has 0 aromatic rings. The van der Waals surface area contributed by atoms with E-state index in [1.807, 2.05) is 12.0 Å². The molecule has 0 aromatic heterocycles. The maximum Gasteiger partial charge on any atom is 0.0657 e. The van der Waals surface area contributed by atoms with Gasteiger partial charge in [0.05, 0.1) is 6.61 Å². The van der Waals surface area contributed by atoms with Crippen LogP contribution < -0.4 is 0 Å². The summed E-state index contributed by atoms with van der Waals surface area (Å²) in [6.07, 6.45) is 1.14. The molecule has 0 atom stereocenters. The quantitative estimate of drug-likeness (QED) is 0.584. The molecule has 0 rings (SSSR count). The molecule has 0 unspecified atom stereocenters. The SMILES string of the molecule is CCCN(OCC)C(C)(C)C. The van der Waals surface area contributed by atoms with Crippen LogP contribution >= 0.6 is 0 Å². The molecule has 0 aliphatic carbocycles. The fraction of sp³-hybridized carbons (Fsp3) is 1.00. The van der Waals surface area contributed by atoms with Gasteiger partial charge in [-0.25, -0.2) is 0 Å². The van der Waals surface area contributed by atoms with Crippen molar-refractivity contribution in [3.63, 3.8) is 0 Å². The van der Waals surface area contributed by atoms with Crippen LogP contribution in [0.25, 0.3) is 0 Å². The van der Waals surface area contributed by atoms with Gasteiger partial charge in [0.1, 0.15) is 0 Å². The molecule has 0 fully saturated rings. The molecule has 0 saturated heterocycles. The van der Waals surface area contributed by atoms with Crippen molar-refractivity contribution in [1.29, 1.82) is 0 Å². The monoisotopic (exact) mass is 159 g/mol. The second kappa shape index (κ2) is 4.73. The topological polar surface area (TPSA) is 12.5 Å². The lowest BCUT2D eigenvalue weighted by Gasteiger charge is -2.33. The van der Waals surface area contributed by atoms with E-state index >= 15 is 0 Å². The summed E-state index contributed by atoms with van der Waals surface area (Å²) in [5.74, 6) is 0. The van der Waals surface area contributed by atoms with Crippen LogP contribution in [0.5, 0.6) is 0 Å². The lowest BCUT2D eigenvalue weighted by molar-refractivity contribution is -0.206. The van der Waals surface area contributed by atoms with Crippen LogP contribution in [-0.2, 0) is 4.84 Å². The van der Waals surface area contributed by atoms with Gasteiger partial charge in [-0.3, -0.25) is 4.84 Å². The first kappa shape index (κ1) is 10.9. The Labute approximate surface area is 70.5 Å². The van der Waals surface area contributed by atoms with Crippen molar-refractivity contribution >= 4 is 0 Å². The average Bonchev–Trinajstić information content (AvgIpc) is 1.85. The Bertz CT molecular complexity index is 90.2. The molecule has 0 amide bonds. The van der Waals surface area contributed by atoms with E-state index in [2.05, 4.69) is 27.7 Å². The van der Waals surface area contributed by atoms with E-state index in [1.165, 1.54) is 0 Å². The molecule has 2 heteroatoms. The van der Waals surface area contributed by atoms with Crippen molar-refractivity contribution < 1.29 is 4.84 Å². The number of hydrogen-bond donors (Lipinski definition) is 0. The van der Waals surface area contributed by atoms with Crippen LogP contribution in [0.3, 0.4) is 0 Å². The highest BCUT2D eigenvalue weighted by atomic mass is 16.7. The predicted molar refractivity (Wildman–Crippen MR) is 48.4 cm³/mol. The number of rotatable bonds is 4. The first-order chi connectivity index (χ1) is 5.02. The zero-order chi connectivity index (χ0) is 8.91. The zero-order valence-electron chi connectivity index (χ0n) is 8.48. The van der Waals surface area contributed by atoms with E-state index in [4.69, 9.17) is 4.84 Å². The average molecular weight is 159 g/mol. The zero-order valence-corrected chi connectivity index (χ0v) is 8.48. The summed E-state index contributed by atoms with van der Waals surface area (Å²) < 4.78 is 0. The Kier molecular flexibility index (Phi) is 4.69. The second-order valence-corrected chi connectivity index (χ2v) is 3.69. The largest absolute Gasteiger partial charge is 0.299 e. The molecule has 0 spiro atoms. The van der Waals surface area contributed by atoms with Crippen LogP contribution in [0.1, 0.15) is 41.0 Å². The minimum atomic E-state index is 0.131. The Morgan fingerprint density at radius 1 is 1.18 bits per heavy atom. The van der Waals surface area contributed by atoms with Gasteiger partial charge >= 0.3 is 0 Å². The Morgan fingerprint density at radius 2 is 1.73 bits per heavy atom. The van der Waals surface area contributed by atoms with Crippen molar-refractivity contribution in [2.45, 2.75) is 46.6 Å². The van der Waals surface area contributed by atoms with E-state index in [9.17, 15) is 0 Å². The summed E-state index contributed by atoms with van der Waals surface area (Å²) in [5.41, 5.74) is 0.131. The van der Waals surface area contributed by atoms with Gasteiger partial charge in [-0.05, 0) is 34.1 Å². The summed E-state index contributed by atoms with van der Waals surface area (Å²) >= 11 is 0. The normalized spacial score (nSPS) is 12.5. The Hall–Kier alpha value is -0.0800. The molecule has 0 N–H and O–H groups in total. The molecule has 0 radical (unpaired) electrons. The Balaban J connectivity index is 3.88. The van der Waals surface area contributed by atoms with Gasteiger partial charge in [0.15, 0.2) is 0 Å². The molecular weight excluding hydrogens is 138 g/mol. The lowest BCUT2D eigenvalue weighted by atomic mass is 10.1. The number of nitrogens with zero attached hydrogens (tertiary/aromatic N) is 1. The molecule has 0 heterocycles. The summed E-state index contributed by atoms with van der Waals surface area (Å²) in [4.78, 5) is 5.48. The van der Waals surface area contributed by atoms with Gasteiger partial charge < -0.3 is 0 Å². The molecule has 0 saturated carbocycles. The second-order valence-electron chi connectivity index (χ2n) is 3.69. The van der Waals surface area contributed by atoms with Gasteiger partial charge in [0.25, 0.3) is 0 Å². The van der Waals surface area contributed by atoms with Crippen molar-refractivity contribution in [3.8, 4) is 0 Å². The molecule has 0 aromatic carbocycles. The molecule has 0 aliphatic rings. The third kappa shape index (κ3) is 4.38. The van der Waals surface area contributed by atoms with Gasteiger partial charge in [-0.15, -0.1) is 0 Å². The van der Waals surface area contributed by atoms with Crippen LogP contribution in [0.15, 0.2) is 0 Å². The molecule has 11 heavy (non-hydrogen) atoms. The minimum absolute atomic E-state index is 0.131. The van der Waals surface area contributed by atoms with Gasteiger partial charge in [-0.2, -0.15) is 5.06 Å². The Morgan fingerprint density at radius 3 is 2.00 bits per heavy atom. The maximum absolute atomic E-state index is 5.48. The highest BCUT2D eigenvalue weighted by Crippen LogP contribution is 2.13. The standard InChI is InChI=1S/C9H21NO/c1-6-8-10(11-7-2)9(3,4)5/h6-8H2,1-5H3. The van der Waals surface area contributed by atoms with Crippen molar-refractivity contribution in [1.82, 2.24) is 5.06 Å². The fourth-order valence-electron chi connectivity index (χ4n) is 0.953. The first-order valence-electron chi connectivity index (χ1n) is 4.43. The van der Waals surface area contributed by atoms with Crippen molar-refractivity contribution in [3.05, 3.63) is 0 Å². The van der Waals surface area contributed by atoms with E-state index in [1.54, 1.807) is 0 Å². The molecule has 0 bridgehead atoms. The third-order valence-electron chi connectivity index (χ3n) is 1.46. The molecule has 68 valence electrons. The molecule has 2 nitrogen and oxygen atoms in total. The fourth-order valence-corrected chi connectivity index (χ4v) is 0.953.